The molecule has 0 bridgehead atoms. The van der Waals surface area contributed by atoms with Crippen molar-refractivity contribution in [2.24, 2.45) is 0 Å². The molecule has 1 heterocycles. The van der Waals surface area contributed by atoms with E-state index in [-0.39, 0.29) is 12.2 Å². The van der Waals surface area contributed by atoms with Gasteiger partial charge in [-0.2, -0.15) is 0 Å². The summed E-state index contributed by atoms with van der Waals surface area (Å²) in [6.07, 6.45) is 5.37. The highest BCUT2D eigenvalue weighted by Crippen LogP contribution is 2.34. The average Bonchev–Trinajstić information content (AvgIpc) is 2.71. The Morgan fingerprint density at radius 1 is 1.59 bits per heavy atom. The van der Waals surface area contributed by atoms with Crippen LogP contribution in [0, 0.1) is 0 Å². The van der Waals surface area contributed by atoms with Crippen LogP contribution in [-0.4, -0.2) is 46.0 Å². The topological polar surface area (TPSA) is 72.2 Å². The lowest BCUT2D eigenvalue weighted by Gasteiger charge is -2.40. The Balaban J connectivity index is 1.73. The highest BCUT2D eigenvalue weighted by Gasteiger charge is 2.36. The molecule has 0 unspecified atom stereocenters. The zero-order valence-electron chi connectivity index (χ0n) is 10.2. The number of hydrogen-bond donors (Lipinski definition) is 2. The predicted octanol–water partition coefficient (Wildman–Crippen LogP) is -0.0709. The Kier molecular flexibility index (Phi) is 4.09. The van der Waals surface area contributed by atoms with Gasteiger partial charge in [-0.3, -0.25) is 0 Å². The molecule has 6 heteroatoms. The summed E-state index contributed by atoms with van der Waals surface area (Å²) in [7, 11) is 1.78. The summed E-state index contributed by atoms with van der Waals surface area (Å²) >= 11 is 0. The third-order valence-corrected chi connectivity index (χ3v) is 3.37. The molecule has 1 aromatic rings. The van der Waals surface area contributed by atoms with E-state index in [0.29, 0.717) is 13.1 Å². The summed E-state index contributed by atoms with van der Waals surface area (Å²) in [5.74, 6) is 0. The van der Waals surface area contributed by atoms with Gasteiger partial charge in [0.2, 0.25) is 0 Å². The van der Waals surface area contributed by atoms with Crippen LogP contribution >= 0.6 is 0 Å². The summed E-state index contributed by atoms with van der Waals surface area (Å²) in [4.78, 5) is 0. The molecule has 0 amide bonds. The number of hydrogen-bond acceptors (Lipinski definition) is 5. The summed E-state index contributed by atoms with van der Waals surface area (Å²) in [6, 6.07) is 0. The fourth-order valence-corrected chi connectivity index (χ4v) is 2.07. The van der Waals surface area contributed by atoms with Crippen LogP contribution in [0.4, 0.5) is 0 Å². The SMILES string of the molecule is COC1(CNCc2cn(CCO)nn2)CCC1. The van der Waals surface area contributed by atoms with E-state index >= 15 is 0 Å². The van der Waals surface area contributed by atoms with E-state index < -0.39 is 0 Å². The third-order valence-electron chi connectivity index (χ3n) is 3.37. The molecule has 1 aromatic heterocycles. The zero-order chi connectivity index (χ0) is 12.1. The van der Waals surface area contributed by atoms with Gasteiger partial charge in [0.1, 0.15) is 0 Å². The fraction of sp³-hybridized carbons (Fsp3) is 0.818. The summed E-state index contributed by atoms with van der Waals surface area (Å²) < 4.78 is 7.16. The molecule has 0 aromatic carbocycles. The molecule has 0 atom stereocenters. The monoisotopic (exact) mass is 240 g/mol. The normalized spacial score (nSPS) is 18.0. The van der Waals surface area contributed by atoms with Gasteiger partial charge in [-0.15, -0.1) is 5.10 Å². The van der Waals surface area contributed by atoms with E-state index in [0.717, 1.165) is 25.1 Å². The van der Waals surface area contributed by atoms with E-state index in [4.69, 9.17) is 9.84 Å². The van der Waals surface area contributed by atoms with Crippen molar-refractivity contribution in [2.45, 2.75) is 38.0 Å². The van der Waals surface area contributed by atoms with Crippen molar-refractivity contribution in [1.29, 1.82) is 0 Å². The molecule has 1 fully saturated rings. The maximum absolute atomic E-state index is 8.76. The maximum Gasteiger partial charge on any atom is 0.0964 e. The Bertz CT molecular complexity index is 343. The molecule has 0 radical (unpaired) electrons. The van der Waals surface area contributed by atoms with Gasteiger partial charge in [0.05, 0.1) is 24.4 Å². The first-order chi connectivity index (χ1) is 8.28. The van der Waals surface area contributed by atoms with Crippen LogP contribution in [0.1, 0.15) is 25.0 Å². The fourth-order valence-electron chi connectivity index (χ4n) is 2.07. The van der Waals surface area contributed by atoms with Crippen LogP contribution in [0.2, 0.25) is 0 Å². The van der Waals surface area contributed by atoms with Gasteiger partial charge in [0.25, 0.3) is 0 Å². The van der Waals surface area contributed by atoms with Gasteiger partial charge in [0.15, 0.2) is 0 Å². The van der Waals surface area contributed by atoms with Crippen molar-refractivity contribution in [3.8, 4) is 0 Å². The number of aliphatic hydroxyl groups is 1. The smallest absolute Gasteiger partial charge is 0.0964 e. The van der Waals surface area contributed by atoms with Crippen molar-refractivity contribution in [2.75, 3.05) is 20.3 Å². The summed E-state index contributed by atoms with van der Waals surface area (Å²) in [5.41, 5.74) is 0.935. The number of rotatable bonds is 7. The zero-order valence-corrected chi connectivity index (χ0v) is 10.2. The van der Waals surface area contributed by atoms with Crippen molar-refractivity contribution in [3.63, 3.8) is 0 Å². The minimum atomic E-state index is 0.0428. The molecule has 1 aliphatic carbocycles. The largest absolute Gasteiger partial charge is 0.394 e. The molecular weight excluding hydrogens is 220 g/mol. The number of aliphatic hydroxyl groups excluding tert-OH is 1. The van der Waals surface area contributed by atoms with Crippen molar-refractivity contribution in [1.82, 2.24) is 20.3 Å². The molecule has 0 saturated heterocycles. The van der Waals surface area contributed by atoms with E-state index in [2.05, 4.69) is 15.6 Å². The molecular formula is C11H20N4O2. The number of nitrogens with one attached hydrogen (secondary N) is 1. The Morgan fingerprint density at radius 3 is 3.00 bits per heavy atom. The third kappa shape index (κ3) is 3.02. The van der Waals surface area contributed by atoms with Crippen LogP contribution in [0.15, 0.2) is 6.20 Å². The second kappa shape index (κ2) is 5.57. The van der Waals surface area contributed by atoms with Crippen molar-refractivity contribution >= 4 is 0 Å². The molecule has 2 N–H and O–H groups in total. The van der Waals surface area contributed by atoms with Crippen LogP contribution in [-0.2, 0) is 17.8 Å². The molecule has 1 aliphatic rings. The lowest BCUT2D eigenvalue weighted by atomic mass is 9.80. The van der Waals surface area contributed by atoms with Gasteiger partial charge < -0.3 is 15.2 Å². The van der Waals surface area contributed by atoms with E-state index in [1.165, 1.54) is 6.42 Å². The number of nitrogens with zero attached hydrogens (tertiary/aromatic N) is 3. The summed E-state index contributed by atoms with van der Waals surface area (Å²) in [5, 5.41) is 20.0. The highest BCUT2D eigenvalue weighted by molar-refractivity contribution is 4.95. The van der Waals surface area contributed by atoms with Crippen LogP contribution < -0.4 is 5.32 Å². The van der Waals surface area contributed by atoms with E-state index in [1.807, 2.05) is 6.20 Å². The molecule has 96 valence electrons. The van der Waals surface area contributed by atoms with E-state index in [9.17, 15) is 0 Å². The van der Waals surface area contributed by atoms with Crippen LogP contribution in [0.5, 0.6) is 0 Å². The van der Waals surface area contributed by atoms with Crippen LogP contribution in [0.3, 0.4) is 0 Å². The standard InChI is InChI=1S/C11H20N4O2/c1-17-11(3-2-4-11)9-12-7-10-8-15(5-6-16)14-13-10/h8,12,16H,2-7,9H2,1H3. The molecule has 1 saturated carbocycles. The number of ether oxygens (including phenoxy) is 1. The van der Waals surface area contributed by atoms with Gasteiger partial charge in [-0.25, -0.2) is 4.68 Å². The Morgan fingerprint density at radius 2 is 2.41 bits per heavy atom. The highest BCUT2D eigenvalue weighted by atomic mass is 16.5. The minimum absolute atomic E-state index is 0.0428. The average molecular weight is 240 g/mol. The number of methoxy groups -OCH3 is 1. The van der Waals surface area contributed by atoms with Crippen LogP contribution in [0.25, 0.3) is 0 Å². The molecule has 0 aliphatic heterocycles. The number of aromatic nitrogens is 3. The first-order valence-electron chi connectivity index (χ1n) is 6.04. The maximum atomic E-state index is 8.76. The van der Waals surface area contributed by atoms with E-state index in [1.54, 1.807) is 11.8 Å². The quantitative estimate of drug-likeness (QED) is 0.698. The molecule has 17 heavy (non-hydrogen) atoms. The first kappa shape index (κ1) is 12.5. The second-order valence-corrected chi connectivity index (χ2v) is 4.54. The summed E-state index contributed by atoms with van der Waals surface area (Å²) in [6.45, 7) is 2.13. The molecule has 0 spiro atoms. The first-order valence-corrected chi connectivity index (χ1v) is 6.04. The van der Waals surface area contributed by atoms with Gasteiger partial charge >= 0.3 is 0 Å². The van der Waals surface area contributed by atoms with Crippen molar-refractivity contribution < 1.29 is 9.84 Å². The molecule has 6 nitrogen and oxygen atoms in total. The second-order valence-electron chi connectivity index (χ2n) is 4.54. The Hall–Kier alpha value is -0.980. The lowest BCUT2D eigenvalue weighted by Crippen LogP contribution is -2.47. The minimum Gasteiger partial charge on any atom is -0.394 e. The van der Waals surface area contributed by atoms with Crippen molar-refractivity contribution in [3.05, 3.63) is 11.9 Å². The Labute approximate surface area is 101 Å². The lowest BCUT2D eigenvalue weighted by molar-refractivity contribution is -0.0695. The van der Waals surface area contributed by atoms with Gasteiger partial charge in [-0.1, -0.05) is 5.21 Å². The molecule has 2 rings (SSSR count). The van der Waals surface area contributed by atoms with Gasteiger partial charge in [-0.05, 0) is 19.3 Å². The van der Waals surface area contributed by atoms with Gasteiger partial charge in [0, 0.05) is 26.4 Å². The predicted molar refractivity (Wildman–Crippen MR) is 62.4 cm³/mol.